The Bertz CT molecular complexity index is 1490. The summed E-state index contributed by atoms with van der Waals surface area (Å²) in [6, 6.07) is 17.8. The predicted octanol–water partition coefficient (Wildman–Crippen LogP) is 4.25. The van der Waals surface area contributed by atoms with Crippen molar-refractivity contribution in [3.05, 3.63) is 77.0 Å². The van der Waals surface area contributed by atoms with Crippen molar-refractivity contribution in [3.8, 4) is 34.0 Å². The number of aromatic nitrogens is 4. The van der Waals surface area contributed by atoms with Crippen molar-refractivity contribution in [2.45, 2.75) is 0 Å². The van der Waals surface area contributed by atoms with E-state index in [2.05, 4.69) is 15.2 Å². The van der Waals surface area contributed by atoms with Gasteiger partial charge in [0.25, 0.3) is 5.69 Å². The fraction of sp³-hybridized carbons (Fsp3) is 0.0455. The van der Waals surface area contributed by atoms with Crippen molar-refractivity contribution in [2.24, 2.45) is 0 Å². The number of nitro benzene ring substituents is 1. The number of hydrogen-bond acceptors (Lipinski definition) is 7. The van der Waals surface area contributed by atoms with Crippen LogP contribution in [-0.2, 0) is 0 Å². The zero-order valence-electron chi connectivity index (χ0n) is 15.9. The average molecular weight is 411 g/mol. The van der Waals surface area contributed by atoms with Crippen LogP contribution in [0.1, 0.15) is 0 Å². The maximum absolute atomic E-state index is 11.0. The minimum Gasteiger partial charge on any atom is -0.454 e. The normalized spacial score (nSPS) is 12.5. The molecule has 1 aliphatic rings. The van der Waals surface area contributed by atoms with Crippen LogP contribution in [0.3, 0.4) is 0 Å². The lowest BCUT2D eigenvalue weighted by Crippen LogP contribution is -1.97. The fourth-order valence-corrected chi connectivity index (χ4v) is 3.79. The molecule has 0 fully saturated rings. The molecule has 0 atom stereocenters. The van der Waals surface area contributed by atoms with Crippen molar-refractivity contribution >= 4 is 22.4 Å². The van der Waals surface area contributed by atoms with Crippen LogP contribution in [0.5, 0.6) is 11.5 Å². The molecule has 0 aliphatic carbocycles. The van der Waals surface area contributed by atoms with E-state index >= 15 is 0 Å². The van der Waals surface area contributed by atoms with Gasteiger partial charge in [0.1, 0.15) is 5.65 Å². The number of fused-ring (bicyclic) bond motifs is 4. The zero-order chi connectivity index (χ0) is 20.9. The van der Waals surface area contributed by atoms with Crippen LogP contribution < -0.4 is 9.47 Å². The van der Waals surface area contributed by atoms with Crippen molar-refractivity contribution in [1.29, 1.82) is 0 Å². The first-order valence-corrected chi connectivity index (χ1v) is 9.47. The molecule has 9 nitrogen and oxygen atoms in total. The monoisotopic (exact) mass is 411 g/mol. The van der Waals surface area contributed by atoms with E-state index in [4.69, 9.17) is 9.47 Å². The zero-order valence-corrected chi connectivity index (χ0v) is 15.9. The highest BCUT2D eigenvalue weighted by atomic mass is 16.7. The second kappa shape index (κ2) is 6.49. The summed E-state index contributed by atoms with van der Waals surface area (Å²) in [4.78, 5) is 15.2. The summed E-state index contributed by atoms with van der Waals surface area (Å²) >= 11 is 0. The molecule has 0 saturated carbocycles. The Labute approximate surface area is 174 Å². The molecule has 0 N–H and O–H groups in total. The molecule has 0 saturated heterocycles. The van der Waals surface area contributed by atoms with Gasteiger partial charge in [-0.2, -0.15) is 0 Å². The Morgan fingerprint density at radius 2 is 1.71 bits per heavy atom. The molecule has 0 spiro atoms. The molecule has 0 bridgehead atoms. The van der Waals surface area contributed by atoms with E-state index in [0.717, 1.165) is 22.1 Å². The second-order valence-corrected chi connectivity index (χ2v) is 7.03. The Morgan fingerprint density at radius 3 is 2.55 bits per heavy atom. The highest BCUT2D eigenvalue weighted by Gasteiger charge is 2.20. The highest BCUT2D eigenvalue weighted by molar-refractivity contribution is 5.91. The molecule has 0 amide bonds. The largest absolute Gasteiger partial charge is 0.454 e. The maximum atomic E-state index is 11.0. The summed E-state index contributed by atoms with van der Waals surface area (Å²) in [6.45, 7) is 0.189. The van der Waals surface area contributed by atoms with E-state index in [9.17, 15) is 10.1 Å². The van der Waals surface area contributed by atoms with E-state index < -0.39 is 4.92 Å². The first kappa shape index (κ1) is 17.3. The van der Waals surface area contributed by atoms with Gasteiger partial charge in [-0.1, -0.05) is 0 Å². The molecule has 4 heterocycles. The van der Waals surface area contributed by atoms with Gasteiger partial charge in [0.2, 0.25) is 6.79 Å². The number of non-ortho nitro benzene ring substituents is 1. The lowest BCUT2D eigenvalue weighted by molar-refractivity contribution is -0.384. The van der Waals surface area contributed by atoms with Crippen molar-refractivity contribution < 1.29 is 14.4 Å². The summed E-state index contributed by atoms with van der Waals surface area (Å²) < 4.78 is 12.8. The van der Waals surface area contributed by atoms with Crippen LogP contribution in [0.2, 0.25) is 0 Å². The molecule has 31 heavy (non-hydrogen) atoms. The highest BCUT2D eigenvalue weighted by Crippen LogP contribution is 2.37. The summed E-state index contributed by atoms with van der Waals surface area (Å²) in [5.41, 5.74) is 3.75. The van der Waals surface area contributed by atoms with E-state index in [0.29, 0.717) is 28.6 Å². The number of pyridine rings is 2. The molecule has 9 heteroatoms. The van der Waals surface area contributed by atoms with Crippen LogP contribution in [0, 0.1) is 10.1 Å². The predicted molar refractivity (Wildman–Crippen MR) is 112 cm³/mol. The van der Waals surface area contributed by atoms with Gasteiger partial charge in [-0.25, -0.2) is 4.98 Å². The van der Waals surface area contributed by atoms with Gasteiger partial charge in [0.15, 0.2) is 23.0 Å². The number of nitro groups is 1. The summed E-state index contributed by atoms with van der Waals surface area (Å²) in [7, 11) is 0. The smallest absolute Gasteiger partial charge is 0.269 e. The molecule has 150 valence electrons. The number of rotatable bonds is 3. The second-order valence-electron chi connectivity index (χ2n) is 7.03. The quantitative estimate of drug-likeness (QED) is 0.323. The van der Waals surface area contributed by atoms with Crippen LogP contribution >= 0.6 is 0 Å². The molecule has 6 rings (SSSR count). The Kier molecular flexibility index (Phi) is 3.63. The fourth-order valence-electron chi connectivity index (χ4n) is 3.79. The first-order valence-electron chi connectivity index (χ1n) is 9.47. The number of benzene rings is 2. The SMILES string of the molecule is O=[N+]([O-])c1ccc(-c2cc3cccnc3n3c(-c4ccc5c(c4)OCO5)nnc23)cc1. The number of nitrogens with zero attached hydrogens (tertiary/aromatic N) is 5. The van der Waals surface area contributed by atoms with Crippen LogP contribution in [-0.4, -0.2) is 31.3 Å². The van der Waals surface area contributed by atoms with E-state index in [-0.39, 0.29) is 12.5 Å². The third-order valence-corrected chi connectivity index (χ3v) is 5.25. The van der Waals surface area contributed by atoms with E-state index in [1.807, 2.05) is 40.8 Å². The van der Waals surface area contributed by atoms with E-state index in [1.54, 1.807) is 18.3 Å². The lowest BCUT2D eigenvalue weighted by atomic mass is 10.0. The van der Waals surface area contributed by atoms with Gasteiger partial charge in [-0.3, -0.25) is 14.5 Å². The summed E-state index contributed by atoms with van der Waals surface area (Å²) in [5.74, 6) is 1.95. The van der Waals surface area contributed by atoms with Gasteiger partial charge in [0, 0.05) is 34.8 Å². The summed E-state index contributed by atoms with van der Waals surface area (Å²) in [5, 5.41) is 20.8. The molecule has 2 aromatic carbocycles. The van der Waals surface area contributed by atoms with Crippen LogP contribution in [0.4, 0.5) is 5.69 Å². The van der Waals surface area contributed by atoms with Crippen molar-refractivity contribution in [3.63, 3.8) is 0 Å². The standard InChI is InChI=1S/C22H13N5O4/c28-27(29)16-6-3-13(4-7-16)17-10-14-2-1-9-23-20(14)26-21(24-25-22(17)26)15-5-8-18-19(11-15)31-12-30-18/h1-11H,12H2. The summed E-state index contributed by atoms with van der Waals surface area (Å²) in [6.07, 6.45) is 1.72. The number of hydrogen-bond donors (Lipinski definition) is 0. The first-order chi connectivity index (χ1) is 15.2. The van der Waals surface area contributed by atoms with Crippen LogP contribution in [0.15, 0.2) is 66.9 Å². The Balaban J connectivity index is 1.62. The lowest BCUT2D eigenvalue weighted by Gasteiger charge is -2.09. The topological polar surface area (TPSA) is 105 Å². The molecular weight excluding hydrogens is 398 g/mol. The van der Waals surface area contributed by atoms with Crippen LogP contribution in [0.25, 0.3) is 39.2 Å². The average Bonchev–Trinajstić information content (AvgIpc) is 3.45. The molecule has 3 aromatic heterocycles. The van der Waals surface area contributed by atoms with Gasteiger partial charge in [-0.05, 0) is 54.1 Å². The van der Waals surface area contributed by atoms with Crippen molar-refractivity contribution in [2.75, 3.05) is 6.79 Å². The Hall–Kier alpha value is -4.53. The van der Waals surface area contributed by atoms with Crippen molar-refractivity contribution in [1.82, 2.24) is 19.6 Å². The van der Waals surface area contributed by atoms with Gasteiger partial charge in [-0.15, -0.1) is 10.2 Å². The minimum absolute atomic E-state index is 0.0322. The van der Waals surface area contributed by atoms with Gasteiger partial charge < -0.3 is 9.47 Å². The molecule has 5 aromatic rings. The van der Waals surface area contributed by atoms with Gasteiger partial charge in [0.05, 0.1) is 4.92 Å². The Morgan fingerprint density at radius 1 is 0.903 bits per heavy atom. The van der Waals surface area contributed by atoms with Gasteiger partial charge >= 0.3 is 0 Å². The third kappa shape index (κ3) is 2.67. The number of ether oxygens (including phenoxy) is 2. The molecule has 1 aliphatic heterocycles. The van der Waals surface area contributed by atoms with E-state index in [1.165, 1.54) is 12.1 Å². The minimum atomic E-state index is -0.418. The maximum Gasteiger partial charge on any atom is 0.269 e. The molecule has 0 radical (unpaired) electrons. The molecular formula is C22H13N5O4. The third-order valence-electron chi connectivity index (χ3n) is 5.25. The molecule has 0 unspecified atom stereocenters.